The number of hydrogen-bond donors (Lipinski definition) is 0. The minimum atomic E-state index is -0.535. The molecule has 0 unspecified atom stereocenters. The number of rotatable bonds is 4. The first-order valence-electron chi connectivity index (χ1n) is 8.54. The Morgan fingerprint density at radius 1 is 1.04 bits per heavy atom. The maximum absolute atomic E-state index is 12.3. The van der Waals surface area contributed by atoms with Gasteiger partial charge in [0.25, 0.3) is 11.8 Å². The highest BCUT2D eigenvalue weighted by molar-refractivity contribution is 6.21. The number of carbonyl (C=O) groups excluding carboxylic acids is 3. The Morgan fingerprint density at radius 3 is 2.33 bits per heavy atom. The Kier molecular flexibility index (Phi) is 4.03. The van der Waals surface area contributed by atoms with Crippen LogP contribution in [0.3, 0.4) is 0 Å². The molecular formula is C21H17NO5. The van der Waals surface area contributed by atoms with Crippen molar-refractivity contribution in [1.82, 2.24) is 4.90 Å². The minimum Gasteiger partial charge on any atom is -0.464 e. The van der Waals surface area contributed by atoms with E-state index in [9.17, 15) is 14.4 Å². The monoisotopic (exact) mass is 363 g/mol. The first-order chi connectivity index (χ1) is 13.0. The van der Waals surface area contributed by atoms with E-state index in [2.05, 4.69) is 0 Å². The molecule has 136 valence electrons. The van der Waals surface area contributed by atoms with E-state index >= 15 is 0 Å². The molecule has 1 aliphatic heterocycles. The number of benzene rings is 2. The molecule has 3 aromatic rings. The maximum Gasteiger partial charge on any atom is 0.312 e. The summed E-state index contributed by atoms with van der Waals surface area (Å²) in [6, 6.07) is 10.4. The van der Waals surface area contributed by atoms with Gasteiger partial charge in [-0.2, -0.15) is 0 Å². The average Bonchev–Trinajstić information content (AvgIpc) is 3.13. The Morgan fingerprint density at radius 2 is 1.67 bits per heavy atom. The molecule has 0 N–H and O–H groups in total. The fourth-order valence-corrected chi connectivity index (χ4v) is 3.17. The fourth-order valence-electron chi connectivity index (χ4n) is 3.17. The van der Waals surface area contributed by atoms with Crippen molar-refractivity contribution in [3.8, 4) is 0 Å². The van der Waals surface area contributed by atoms with Gasteiger partial charge in [-0.05, 0) is 49.2 Å². The predicted molar refractivity (Wildman–Crippen MR) is 97.3 cm³/mol. The normalized spacial score (nSPS) is 13.3. The molecule has 0 spiro atoms. The summed E-state index contributed by atoms with van der Waals surface area (Å²) in [7, 11) is 0. The van der Waals surface area contributed by atoms with Gasteiger partial charge in [0.2, 0.25) is 0 Å². The van der Waals surface area contributed by atoms with Gasteiger partial charge in [0.1, 0.15) is 5.58 Å². The zero-order valence-corrected chi connectivity index (χ0v) is 14.9. The molecule has 27 heavy (non-hydrogen) atoms. The number of hydrogen-bond acceptors (Lipinski definition) is 5. The number of imide groups is 1. The lowest BCUT2D eigenvalue weighted by Gasteiger charge is -2.13. The van der Waals surface area contributed by atoms with Gasteiger partial charge < -0.3 is 9.15 Å². The number of amides is 2. The van der Waals surface area contributed by atoms with E-state index in [4.69, 9.17) is 9.15 Å². The van der Waals surface area contributed by atoms with Crippen molar-refractivity contribution in [2.24, 2.45) is 0 Å². The third kappa shape index (κ3) is 2.89. The summed E-state index contributed by atoms with van der Waals surface area (Å²) < 4.78 is 10.7. The van der Waals surface area contributed by atoms with E-state index in [-0.39, 0.29) is 6.42 Å². The van der Waals surface area contributed by atoms with Crippen LogP contribution in [0.25, 0.3) is 11.0 Å². The van der Waals surface area contributed by atoms with Crippen molar-refractivity contribution in [1.29, 1.82) is 0 Å². The van der Waals surface area contributed by atoms with Crippen molar-refractivity contribution in [3.05, 3.63) is 70.5 Å². The lowest BCUT2D eigenvalue weighted by molar-refractivity contribution is -0.145. The topological polar surface area (TPSA) is 76.8 Å². The molecule has 0 saturated heterocycles. The molecular weight excluding hydrogens is 346 g/mol. The highest BCUT2D eigenvalue weighted by atomic mass is 16.5. The second kappa shape index (κ2) is 6.39. The number of ether oxygens (including phenoxy) is 1. The zero-order chi connectivity index (χ0) is 19.1. The highest BCUT2D eigenvalue weighted by Crippen LogP contribution is 2.26. The third-order valence-corrected chi connectivity index (χ3v) is 4.84. The SMILES string of the molecule is Cc1cc2occ(CC(=O)OCN3C(=O)c4ccccc4C3=O)c2cc1C. The lowest BCUT2D eigenvalue weighted by atomic mass is 10.0. The van der Waals surface area contributed by atoms with Gasteiger partial charge in [-0.1, -0.05) is 12.1 Å². The fraction of sp³-hybridized carbons (Fsp3) is 0.190. The van der Waals surface area contributed by atoms with Gasteiger partial charge in [0, 0.05) is 10.9 Å². The van der Waals surface area contributed by atoms with Crippen molar-refractivity contribution in [2.45, 2.75) is 20.3 Å². The molecule has 0 bridgehead atoms. The quantitative estimate of drug-likeness (QED) is 0.525. The molecule has 2 aromatic carbocycles. The summed E-state index contributed by atoms with van der Waals surface area (Å²) in [6.07, 6.45) is 1.53. The van der Waals surface area contributed by atoms with Crippen LogP contribution in [0.15, 0.2) is 47.1 Å². The van der Waals surface area contributed by atoms with E-state index in [0.29, 0.717) is 22.3 Å². The Labute approximate surface area is 155 Å². The minimum absolute atomic E-state index is 0.00132. The summed E-state index contributed by atoms with van der Waals surface area (Å²) >= 11 is 0. The maximum atomic E-state index is 12.3. The third-order valence-electron chi connectivity index (χ3n) is 4.84. The van der Waals surface area contributed by atoms with Crippen LogP contribution >= 0.6 is 0 Å². The first kappa shape index (κ1) is 17.0. The van der Waals surface area contributed by atoms with Crippen LogP contribution in [0.5, 0.6) is 0 Å². The molecule has 0 saturated carbocycles. The van der Waals surface area contributed by atoms with Crippen LogP contribution in [0, 0.1) is 13.8 Å². The number of nitrogens with zero attached hydrogens (tertiary/aromatic N) is 1. The van der Waals surface area contributed by atoms with Crippen LogP contribution < -0.4 is 0 Å². The molecule has 2 amide bonds. The van der Waals surface area contributed by atoms with E-state index in [1.54, 1.807) is 24.3 Å². The summed E-state index contributed by atoms with van der Waals surface area (Å²) in [5.41, 5.74) is 4.28. The number of fused-ring (bicyclic) bond motifs is 2. The molecule has 6 nitrogen and oxygen atoms in total. The molecule has 0 aliphatic carbocycles. The van der Waals surface area contributed by atoms with Crippen molar-refractivity contribution >= 4 is 28.8 Å². The lowest BCUT2D eigenvalue weighted by Crippen LogP contribution is -2.33. The molecule has 1 aliphatic rings. The number of carbonyl (C=O) groups is 3. The van der Waals surface area contributed by atoms with Gasteiger partial charge in [-0.15, -0.1) is 0 Å². The van der Waals surface area contributed by atoms with Crippen LogP contribution in [0.2, 0.25) is 0 Å². The largest absolute Gasteiger partial charge is 0.464 e. The first-order valence-corrected chi connectivity index (χ1v) is 8.54. The van der Waals surface area contributed by atoms with Crippen LogP contribution in [0.4, 0.5) is 0 Å². The van der Waals surface area contributed by atoms with Gasteiger partial charge in [0.15, 0.2) is 6.73 Å². The highest BCUT2D eigenvalue weighted by Gasteiger charge is 2.35. The van der Waals surface area contributed by atoms with E-state index < -0.39 is 24.5 Å². The molecule has 1 aromatic heterocycles. The summed E-state index contributed by atoms with van der Waals surface area (Å²) in [5, 5.41) is 0.857. The van der Waals surface area contributed by atoms with E-state index in [1.165, 1.54) is 6.26 Å². The smallest absolute Gasteiger partial charge is 0.312 e. The Balaban J connectivity index is 1.45. The second-order valence-electron chi connectivity index (χ2n) is 6.60. The van der Waals surface area contributed by atoms with E-state index in [0.717, 1.165) is 21.4 Å². The van der Waals surface area contributed by atoms with Crippen molar-refractivity contribution in [2.75, 3.05) is 6.73 Å². The van der Waals surface area contributed by atoms with Gasteiger partial charge in [-0.3, -0.25) is 14.4 Å². The molecule has 2 heterocycles. The molecule has 6 heteroatoms. The number of furan rings is 1. The van der Waals surface area contributed by atoms with Crippen molar-refractivity contribution in [3.63, 3.8) is 0 Å². The second-order valence-corrected chi connectivity index (χ2v) is 6.60. The van der Waals surface area contributed by atoms with Crippen LogP contribution in [-0.4, -0.2) is 29.4 Å². The standard InChI is InChI=1S/C21H17NO5/c1-12-7-17-14(10-26-18(17)8-13(12)2)9-19(23)27-11-22-20(24)15-5-3-4-6-16(15)21(22)25/h3-8,10H,9,11H2,1-2H3. The summed E-state index contributed by atoms with van der Waals surface area (Å²) in [4.78, 5) is 37.7. The van der Waals surface area contributed by atoms with Gasteiger partial charge in [-0.25, -0.2) is 4.90 Å². The number of esters is 1. The van der Waals surface area contributed by atoms with Crippen LogP contribution in [-0.2, 0) is 16.0 Å². The number of aryl methyl sites for hydroxylation is 2. The molecule has 4 rings (SSSR count). The summed E-state index contributed by atoms with van der Waals surface area (Å²) in [6.45, 7) is 3.58. The van der Waals surface area contributed by atoms with Crippen LogP contribution in [0.1, 0.15) is 37.4 Å². The molecule has 0 fully saturated rings. The predicted octanol–water partition coefficient (Wildman–Crippen LogP) is 3.39. The Hall–Kier alpha value is -3.41. The average molecular weight is 363 g/mol. The molecule has 0 atom stereocenters. The van der Waals surface area contributed by atoms with Gasteiger partial charge >= 0.3 is 5.97 Å². The summed E-state index contributed by atoms with van der Waals surface area (Å²) in [5.74, 6) is -1.45. The van der Waals surface area contributed by atoms with E-state index in [1.807, 2.05) is 26.0 Å². The Bertz CT molecular complexity index is 1060. The zero-order valence-electron chi connectivity index (χ0n) is 14.9. The van der Waals surface area contributed by atoms with Gasteiger partial charge in [0.05, 0.1) is 23.8 Å². The molecule has 0 radical (unpaired) electrons. The van der Waals surface area contributed by atoms with Crippen molar-refractivity contribution < 1.29 is 23.5 Å².